The molecule has 0 aliphatic carbocycles. The maximum atomic E-state index is 12.8. The zero-order valence-electron chi connectivity index (χ0n) is 17.5. The summed E-state index contributed by atoms with van der Waals surface area (Å²) in [5.41, 5.74) is 2.80. The highest BCUT2D eigenvalue weighted by atomic mass is 32.2. The highest BCUT2D eigenvalue weighted by Gasteiger charge is 2.16. The van der Waals surface area contributed by atoms with Crippen LogP contribution in [-0.2, 0) is 9.84 Å². The largest absolute Gasteiger partial charge is 0.368 e. The lowest BCUT2D eigenvalue weighted by molar-refractivity contribution is 0.0953. The number of pyridine rings is 1. The highest BCUT2D eigenvalue weighted by molar-refractivity contribution is 7.90. The Hall–Kier alpha value is -3.19. The molecule has 0 fully saturated rings. The molecular weight excluding hydrogens is 410 g/mol. The molecular formula is C24H27N3O3S. The van der Waals surface area contributed by atoms with Gasteiger partial charge in [-0.05, 0) is 29.7 Å². The Morgan fingerprint density at radius 3 is 2.10 bits per heavy atom. The fourth-order valence-electron chi connectivity index (χ4n) is 3.41. The molecule has 0 atom stereocenters. The van der Waals surface area contributed by atoms with E-state index in [0.717, 1.165) is 6.42 Å². The third kappa shape index (κ3) is 6.93. The number of aromatic nitrogens is 1. The van der Waals surface area contributed by atoms with Crippen molar-refractivity contribution >= 4 is 21.6 Å². The van der Waals surface area contributed by atoms with Crippen LogP contribution in [-0.4, -0.2) is 44.4 Å². The highest BCUT2D eigenvalue weighted by Crippen LogP contribution is 2.27. The van der Waals surface area contributed by atoms with Gasteiger partial charge in [0, 0.05) is 31.5 Å². The van der Waals surface area contributed by atoms with Crippen LogP contribution in [0.1, 0.15) is 33.8 Å². The lowest BCUT2D eigenvalue weighted by Crippen LogP contribution is -2.27. The third-order valence-corrected chi connectivity index (χ3v) is 5.89. The molecule has 0 bridgehead atoms. The first kappa shape index (κ1) is 22.5. The van der Waals surface area contributed by atoms with E-state index >= 15 is 0 Å². The fraction of sp³-hybridized carbons (Fsp3) is 0.250. The van der Waals surface area contributed by atoms with E-state index in [-0.39, 0.29) is 24.1 Å². The summed E-state index contributed by atoms with van der Waals surface area (Å²) in [6, 6.07) is 23.8. The molecule has 0 radical (unpaired) electrons. The van der Waals surface area contributed by atoms with E-state index in [1.807, 2.05) is 36.4 Å². The maximum absolute atomic E-state index is 12.8. The van der Waals surface area contributed by atoms with Gasteiger partial charge in [0.05, 0.1) is 11.3 Å². The van der Waals surface area contributed by atoms with Crippen molar-refractivity contribution in [3.63, 3.8) is 0 Å². The molecule has 1 aromatic heterocycles. The van der Waals surface area contributed by atoms with Gasteiger partial charge in [-0.1, -0.05) is 60.7 Å². The standard InChI is InChI=1S/C24H27N3O3S/c1-31(29,30)18-17-26-23-22(13-8-15-25-23)24(28)27-16-14-21(19-9-4-2-5-10-19)20-11-6-3-7-12-20/h2-13,15,21H,14,16-18H2,1H3,(H,25,26)(H,27,28). The Morgan fingerprint density at radius 1 is 0.903 bits per heavy atom. The molecule has 31 heavy (non-hydrogen) atoms. The van der Waals surface area contributed by atoms with Gasteiger partial charge in [-0.3, -0.25) is 4.79 Å². The van der Waals surface area contributed by atoms with Crippen LogP contribution < -0.4 is 10.6 Å². The molecule has 2 aromatic carbocycles. The van der Waals surface area contributed by atoms with E-state index in [1.54, 1.807) is 18.3 Å². The lowest BCUT2D eigenvalue weighted by Gasteiger charge is -2.19. The number of carbonyl (C=O) groups excluding carboxylic acids is 1. The molecule has 3 aromatic rings. The summed E-state index contributed by atoms with van der Waals surface area (Å²) >= 11 is 0. The zero-order valence-corrected chi connectivity index (χ0v) is 18.3. The fourth-order valence-corrected chi connectivity index (χ4v) is 3.88. The predicted octanol–water partition coefficient (Wildman–Crippen LogP) is 3.49. The normalized spacial score (nSPS) is 11.3. The van der Waals surface area contributed by atoms with Gasteiger partial charge in [0.15, 0.2) is 0 Å². The summed E-state index contributed by atoms with van der Waals surface area (Å²) < 4.78 is 22.7. The number of rotatable bonds is 10. The van der Waals surface area contributed by atoms with Crippen molar-refractivity contribution in [2.75, 3.05) is 30.4 Å². The molecule has 162 valence electrons. The van der Waals surface area contributed by atoms with Crippen molar-refractivity contribution in [1.82, 2.24) is 10.3 Å². The van der Waals surface area contributed by atoms with Gasteiger partial charge < -0.3 is 10.6 Å². The van der Waals surface area contributed by atoms with E-state index in [0.29, 0.717) is 17.9 Å². The molecule has 0 aliphatic heterocycles. The Morgan fingerprint density at radius 2 is 1.52 bits per heavy atom. The Labute approximate surface area is 183 Å². The van der Waals surface area contributed by atoms with Crippen molar-refractivity contribution in [3.8, 4) is 0 Å². The molecule has 6 nitrogen and oxygen atoms in total. The minimum atomic E-state index is -3.09. The van der Waals surface area contributed by atoms with Gasteiger partial charge in [0.2, 0.25) is 0 Å². The van der Waals surface area contributed by atoms with Crippen LogP contribution >= 0.6 is 0 Å². The van der Waals surface area contributed by atoms with Gasteiger partial charge in [-0.2, -0.15) is 0 Å². The number of nitrogens with zero attached hydrogens (tertiary/aromatic N) is 1. The average Bonchev–Trinajstić information content (AvgIpc) is 2.77. The second-order valence-electron chi connectivity index (χ2n) is 7.37. The minimum absolute atomic E-state index is 0.0273. The number of anilines is 1. The maximum Gasteiger partial charge on any atom is 0.255 e. The Bertz CT molecular complexity index is 1050. The number of hydrogen-bond donors (Lipinski definition) is 2. The van der Waals surface area contributed by atoms with Crippen LogP contribution in [0.3, 0.4) is 0 Å². The summed E-state index contributed by atoms with van der Waals surface area (Å²) in [4.78, 5) is 17.0. The minimum Gasteiger partial charge on any atom is -0.368 e. The summed E-state index contributed by atoms with van der Waals surface area (Å²) in [7, 11) is -3.09. The van der Waals surface area contributed by atoms with Crippen molar-refractivity contribution in [2.45, 2.75) is 12.3 Å². The SMILES string of the molecule is CS(=O)(=O)CCNc1ncccc1C(=O)NCCC(c1ccccc1)c1ccccc1. The molecule has 0 saturated heterocycles. The number of amides is 1. The van der Waals surface area contributed by atoms with E-state index < -0.39 is 9.84 Å². The number of sulfone groups is 1. The molecule has 0 unspecified atom stereocenters. The summed E-state index contributed by atoms with van der Waals surface area (Å²) in [6.07, 6.45) is 3.49. The second-order valence-corrected chi connectivity index (χ2v) is 9.63. The average molecular weight is 438 g/mol. The van der Waals surface area contributed by atoms with Gasteiger partial charge in [0.1, 0.15) is 15.7 Å². The molecule has 0 aliphatic rings. The van der Waals surface area contributed by atoms with Gasteiger partial charge in [-0.25, -0.2) is 13.4 Å². The van der Waals surface area contributed by atoms with Crippen molar-refractivity contribution < 1.29 is 13.2 Å². The molecule has 2 N–H and O–H groups in total. The first-order valence-corrected chi connectivity index (χ1v) is 12.2. The van der Waals surface area contributed by atoms with E-state index in [4.69, 9.17) is 0 Å². The molecule has 0 spiro atoms. The number of benzene rings is 2. The van der Waals surface area contributed by atoms with Crippen molar-refractivity contribution in [3.05, 3.63) is 95.7 Å². The second kappa shape index (κ2) is 10.7. The Kier molecular flexibility index (Phi) is 7.78. The van der Waals surface area contributed by atoms with Crippen LogP contribution in [0.25, 0.3) is 0 Å². The zero-order chi connectivity index (χ0) is 22.1. The summed E-state index contributed by atoms with van der Waals surface area (Å²) in [5, 5.41) is 5.93. The van der Waals surface area contributed by atoms with Gasteiger partial charge >= 0.3 is 0 Å². The van der Waals surface area contributed by atoms with Crippen LogP contribution in [0.2, 0.25) is 0 Å². The summed E-state index contributed by atoms with van der Waals surface area (Å²) in [6.45, 7) is 0.686. The van der Waals surface area contributed by atoms with E-state index in [1.165, 1.54) is 17.4 Å². The van der Waals surface area contributed by atoms with E-state index in [2.05, 4.69) is 39.9 Å². The first-order valence-electron chi connectivity index (χ1n) is 10.2. The molecule has 1 amide bonds. The quantitative estimate of drug-likeness (QED) is 0.507. The Balaban J connectivity index is 1.65. The first-order chi connectivity index (χ1) is 14.9. The van der Waals surface area contributed by atoms with Crippen LogP contribution in [0, 0.1) is 0 Å². The number of hydrogen-bond acceptors (Lipinski definition) is 5. The third-order valence-electron chi connectivity index (χ3n) is 4.94. The predicted molar refractivity (Wildman–Crippen MR) is 124 cm³/mol. The van der Waals surface area contributed by atoms with Crippen LogP contribution in [0.4, 0.5) is 5.82 Å². The van der Waals surface area contributed by atoms with Crippen molar-refractivity contribution in [1.29, 1.82) is 0 Å². The number of carbonyl (C=O) groups is 1. The van der Waals surface area contributed by atoms with E-state index in [9.17, 15) is 13.2 Å². The molecule has 3 rings (SSSR count). The lowest BCUT2D eigenvalue weighted by atomic mass is 9.88. The molecule has 1 heterocycles. The summed E-state index contributed by atoms with van der Waals surface area (Å²) in [5.74, 6) is 0.283. The van der Waals surface area contributed by atoms with Crippen molar-refractivity contribution in [2.24, 2.45) is 0 Å². The molecule has 7 heteroatoms. The number of nitrogens with one attached hydrogen (secondary N) is 2. The van der Waals surface area contributed by atoms with Crippen LogP contribution in [0.5, 0.6) is 0 Å². The monoisotopic (exact) mass is 437 g/mol. The molecule has 0 saturated carbocycles. The topological polar surface area (TPSA) is 88.2 Å². The van der Waals surface area contributed by atoms with Crippen LogP contribution in [0.15, 0.2) is 79.0 Å². The smallest absolute Gasteiger partial charge is 0.255 e. The van der Waals surface area contributed by atoms with Gasteiger partial charge in [0.25, 0.3) is 5.91 Å². The van der Waals surface area contributed by atoms with Gasteiger partial charge in [-0.15, -0.1) is 0 Å².